The standard InChI is InChI=1S/C24H30BF3N/c1-5-8-17(2)12-13-18(3)21-11-6-10-20-15-23(25-16-22(20)21)29-19(4)9-7-14-24(26,27)28/h5-6,8,10-11,23,29H,2-4,7,9,12-16H2,1H3/b8-5-. The van der Waals surface area contributed by atoms with E-state index in [-0.39, 0.29) is 12.4 Å². The van der Waals surface area contributed by atoms with E-state index in [0.29, 0.717) is 12.1 Å². The molecule has 1 nitrogen and oxygen atoms in total. The monoisotopic (exact) mass is 400 g/mol. The Kier molecular flexibility index (Phi) is 8.42. The molecule has 0 saturated carbocycles. The molecule has 1 radical (unpaired) electrons. The van der Waals surface area contributed by atoms with Gasteiger partial charge in [-0.3, -0.25) is 0 Å². The fourth-order valence-electron chi connectivity index (χ4n) is 3.69. The van der Waals surface area contributed by atoms with E-state index < -0.39 is 12.6 Å². The van der Waals surface area contributed by atoms with E-state index in [0.717, 1.165) is 36.7 Å². The van der Waals surface area contributed by atoms with Gasteiger partial charge in [0.25, 0.3) is 0 Å². The normalized spacial score (nSPS) is 16.2. The Labute approximate surface area is 173 Å². The minimum Gasteiger partial charge on any atom is -0.394 e. The number of allylic oxidation sites excluding steroid dienone is 5. The van der Waals surface area contributed by atoms with Gasteiger partial charge in [0.15, 0.2) is 0 Å². The summed E-state index contributed by atoms with van der Waals surface area (Å²) in [4.78, 5) is 0. The molecule has 155 valence electrons. The number of nitrogens with one attached hydrogen (secondary N) is 1. The van der Waals surface area contributed by atoms with Crippen molar-refractivity contribution in [2.75, 3.05) is 0 Å². The van der Waals surface area contributed by atoms with Crippen LogP contribution in [0.15, 0.2) is 61.4 Å². The molecule has 1 atom stereocenters. The Morgan fingerprint density at radius 3 is 2.66 bits per heavy atom. The van der Waals surface area contributed by atoms with Crippen molar-refractivity contribution in [3.63, 3.8) is 0 Å². The summed E-state index contributed by atoms with van der Waals surface area (Å²) >= 11 is 0. The molecule has 1 aromatic carbocycles. The molecule has 0 bridgehead atoms. The predicted octanol–water partition coefficient (Wildman–Crippen LogP) is 6.53. The number of hydrogen-bond donors (Lipinski definition) is 1. The third-order valence-electron chi connectivity index (χ3n) is 5.18. The second kappa shape index (κ2) is 10.6. The van der Waals surface area contributed by atoms with Crippen LogP contribution in [-0.2, 0) is 12.7 Å². The van der Waals surface area contributed by atoms with E-state index >= 15 is 0 Å². The fraction of sp³-hybridized carbons (Fsp3) is 0.417. The maximum absolute atomic E-state index is 12.3. The van der Waals surface area contributed by atoms with Gasteiger partial charge in [0, 0.05) is 12.1 Å². The minimum absolute atomic E-state index is 0.0706. The van der Waals surface area contributed by atoms with E-state index in [2.05, 4.69) is 50.5 Å². The van der Waals surface area contributed by atoms with Crippen molar-refractivity contribution < 1.29 is 13.2 Å². The number of alkyl halides is 3. The predicted molar refractivity (Wildman–Crippen MR) is 118 cm³/mol. The molecular weight excluding hydrogens is 370 g/mol. The van der Waals surface area contributed by atoms with Gasteiger partial charge in [0.2, 0.25) is 0 Å². The van der Waals surface area contributed by atoms with E-state index in [9.17, 15) is 13.2 Å². The van der Waals surface area contributed by atoms with E-state index in [4.69, 9.17) is 0 Å². The topological polar surface area (TPSA) is 12.0 Å². The van der Waals surface area contributed by atoms with Gasteiger partial charge in [-0.2, -0.15) is 13.2 Å². The Morgan fingerprint density at radius 2 is 1.97 bits per heavy atom. The number of rotatable bonds is 10. The minimum atomic E-state index is -4.10. The Balaban J connectivity index is 1.92. The van der Waals surface area contributed by atoms with Crippen LogP contribution in [-0.4, -0.2) is 19.4 Å². The van der Waals surface area contributed by atoms with Crippen LogP contribution >= 0.6 is 0 Å². The SMILES string of the molecule is C=C(/C=C\C)CCC(=C)c1cccc2c1C[B]C(NC(=C)CCCC(F)(F)F)C2. The first-order valence-corrected chi connectivity index (χ1v) is 10.1. The summed E-state index contributed by atoms with van der Waals surface area (Å²) in [6.45, 7) is 14.2. The molecule has 0 aromatic heterocycles. The smallest absolute Gasteiger partial charge is 0.389 e. The highest BCUT2D eigenvalue weighted by atomic mass is 19.4. The molecule has 0 spiro atoms. The lowest BCUT2D eigenvalue weighted by Crippen LogP contribution is -2.40. The van der Waals surface area contributed by atoms with Crippen molar-refractivity contribution in [2.45, 2.75) is 63.9 Å². The second-order valence-corrected chi connectivity index (χ2v) is 7.67. The maximum Gasteiger partial charge on any atom is 0.389 e. The van der Waals surface area contributed by atoms with Crippen molar-refractivity contribution in [3.8, 4) is 0 Å². The molecule has 1 heterocycles. The zero-order valence-corrected chi connectivity index (χ0v) is 17.2. The molecule has 0 fully saturated rings. The first-order chi connectivity index (χ1) is 13.7. The Bertz CT molecular complexity index is 777. The summed E-state index contributed by atoms with van der Waals surface area (Å²) in [7, 11) is 2.19. The highest BCUT2D eigenvalue weighted by Gasteiger charge is 2.26. The van der Waals surface area contributed by atoms with Crippen LogP contribution in [0.5, 0.6) is 0 Å². The highest BCUT2D eigenvalue weighted by molar-refractivity contribution is 6.38. The van der Waals surface area contributed by atoms with Gasteiger partial charge in [-0.05, 0) is 67.2 Å². The lowest BCUT2D eigenvalue weighted by molar-refractivity contribution is -0.135. The van der Waals surface area contributed by atoms with Crippen molar-refractivity contribution in [2.24, 2.45) is 0 Å². The molecule has 1 N–H and O–H groups in total. The number of benzene rings is 1. The van der Waals surface area contributed by atoms with Crippen molar-refractivity contribution >= 4 is 12.9 Å². The molecule has 1 aromatic rings. The molecule has 5 heteroatoms. The largest absolute Gasteiger partial charge is 0.394 e. The van der Waals surface area contributed by atoms with Gasteiger partial charge in [0.05, 0.1) is 0 Å². The summed E-state index contributed by atoms with van der Waals surface area (Å²) in [6.07, 6.45) is 2.94. The van der Waals surface area contributed by atoms with Crippen LogP contribution in [0.3, 0.4) is 0 Å². The van der Waals surface area contributed by atoms with Gasteiger partial charge < -0.3 is 5.32 Å². The third kappa shape index (κ3) is 7.64. The average molecular weight is 400 g/mol. The molecule has 0 saturated heterocycles. The van der Waals surface area contributed by atoms with E-state index in [1.54, 1.807) is 0 Å². The van der Waals surface area contributed by atoms with Crippen LogP contribution in [0.2, 0.25) is 0 Å². The highest BCUT2D eigenvalue weighted by Crippen LogP contribution is 2.29. The van der Waals surface area contributed by atoms with Crippen molar-refractivity contribution in [1.29, 1.82) is 0 Å². The van der Waals surface area contributed by atoms with Gasteiger partial charge in [-0.25, -0.2) is 0 Å². The summed E-state index contributed by atoms with van der Waals surface area (Å²) in [5.74, 6) is 0.0962. The lowest BCUT2D eigenvalue weighted by atomic mass is 9.57. The number of halogens is 3. The molecule has 29 heavy (non-hydrogen) atoms. The van der Waals surface area contributed by atoms with Gasteiger partial charge >= 0.3 is 6.18 Å². The summed E-state index contributed by atoms with van der Waals surface area (Å²) in [5.41, 5.74) is 6.65. The molecule has 2 rings (SSSR count). The first kappa shape index (κ1) is 23.1. The number of hydrogen-bond acceptors (Lipinski definition) is 1. The zero-order valence-electron chi connectivity index (χ0n) is 17.2. The van der Waals surface area contributed by atoms with E-state index in [1.165, 1.54) is 16.7 Å². The molecule has 1 aliphatic heterocycles. The molecular formula is C24H30BF3N. The van der Waals surface area contributed by atoms with Crippen LogP contribution in [0.1, 0.15) is 55.7 Å². The van der Waals surface area contributed by atoms with Crippen LogP contribution in [0.4, 0.5) is 13.2 Å². The lowest BCUT2D eigenvalue weighted by Gasteiger charge is -2.28. The van der Waals surface area contributed by atoms with Gasteiger partial charge in [0.1, 0.15) is 7.28 Å². The number of fused-ring (bicyclic) bond motifs is 1. The average Bonchev–Trinajstić information content (AvgIpc) is 2.64. The first-order valence-electron chi connectivity index (χ1n) is 10.1. The van der Waals surface area contributed by atoms with Crippen molar-refractivity contribution in [3.05, 3.63) is 78.0 Å². The van der Waals surface area contributed by atoms with Crippen LogP contribution in [0.25, 0.3) is 5.57 Å². The fourth-order valence-corrected chi connectivity index (χ4v) is 3.69. The molecule has 0 amide bonds. The quantitative estimate of drug-likeness (QED) is 0.348. The summed E-state index contributed by atoms with van der Waals surface area (Å²) < 4.78 is 36.9. The summed E-state index contributed by atoms with van der Waals surface area (Å²) in [5, 5.41) is 3.29. The third-order valence-corrected chi connectivity index (χ3v) is 5.18. The van der Waals surface area contributed by atoms with Gasteiger partial charge in [-0.1, -0.05) is 62.0 Å². The van der Waals surface area contributed by atoms with Crippen molar-refractivity contribution in [1.82, 2.24) is 5.32 Å². The Hall–Kier alpha value is -2.17. The maximum atomic E-state index is 12.3. The summed E-state index contributed by atoms with van der Waals surface area (Å²) in [6, 6.07) is 6.30. The molecule has 0 aliphatic carbocycles. The van der Waals surface area contributed by atoms with E-state index in [1.807, 2.05) is 19.1 Å². The molecule has 1 aliphatic rings. The van der Waals surface area contributed by atoms with Crippen LogP contribution < -0.4 is 5.32 Å². The molecule has 1 unspecified atom stereocenters. The second-order valence-electron chi connectivity index (χ2n) is 7.67. The van der Waals surface area contributed by atoms with Crippen LogP contribution in [0, 0.1) is 0 Å². The van der Waals surface area contributed by atoms with Gasteiger partial charge in [-0.15, -0.1) is 0 Å². The Morgan fingerprint density at radius 1 is 1.21 bits per heavy atom. The zero-order chi connectivity index (χ0) is 21.4.